The Morgan fingerprint density at radius 1 is 1.37 bits per heavy atom. The van der Waals surface area contributed by atoms with Crippen LogP contribution in [0.5, 0.6) is 0 Å². The molecule has 100 valence electrons. The Labute approximate surface area is 120 Å². The molecular weight excluding hydrogens is 308 g/mol. The van der Waals surface area contributed by atoms with E-state index in [0.717, 1.165) is 21.5 Å². The van der Waals surface area contributed by atoms with Crippen LogP contribution < -0.4 is 0 Å². The highest BCUT2D eigenvalue weighted by atomic mass is 79.9. The van der Waals surface area contributed by atoms with Crippen LogP contribution in [0.25, 0.3) is 0 Å². The Bertz CT molecular complexity index is 607. The molecule has 0 saturated heterocycles. The van der Waals surface area contributed by atoms with Crippen molar-refractivity contribution in [1.82, 2.24) is 10.1 Å². The lowest BCUT2D eigenvalue weighted by molar-refractivity contribution is 0.0781. The van der Waals surface area contributed by atoms with Crippen molar-refractivity contribution in [2.24, 2.45) is 0 Å². The van der Waals surface area contributed by atoms with E-state index in [9.17, 15) is 4.79 Å². The number of hydrogen-bond acceptors (Lipinski definition) is 3. The summed E-state index contributed by atoms with van der Waals surface area (Å²) in [5.41, 5.74) is 2.40. The maximum atomic E-state index is 12.4. The summed E-state index contributed by atoms with van der Waals surface area (Å²) in [4.78, 5) is 14.0. The third kappa shape index (κ3) is 3.23. The highest BCUT2D eigenvalue weighted by Crippen LogP contribution is 2.18. The van der Waals surface area contributed by atoms with Crippen molar-refractivity contribution in [2.45, 2.75) is 20.4 Å². The van der Waals surface area contributed by atoms with Gasteiger partial charge in [-0.1, -0.05) is 27.2 Å². The SMILES string of the molecule is Cc1cc(CN(C)C(=O)c2cc(Br)ccc2C)no1. The maximum Gasteiger partial charge on any atom is 0.254 e. The molecule has 0 aliphatic heterocycles. The summed E-state index contributed by atoms with van der Waals surface area (Å²) < 4.78 is 5.89. The van der Waals surface area contributed by atoms with Gasteiger partial charge in [0.25, 0.3) is 5.91 Å². The van der Waals surface area contributed by atoms with Gasteiger partial charge in [-0.2, -0.15) is 0 Å². The van der Waals surface area contributed by atoms with Gasteiger partial charge in [-0.15, -0.1) is 0 Å². The van der Waals surface area contributed by atoms with Gasteiger partial charge in [0.05, 0.1) is 6.54 Å². The van der Waals surface area contributed by atoms with E-state index in [-0.39, 0.29) is 5.91 Å². The minimum Gasteiger partial charge on any atom is -0.361 e. The van der Waals surface area contributed by atoms with Crippen molar-refractivity contribution in [3.8, 4) is 0 Å². The fraction of sp³-hybridized carbons (Fsp3) is 0.286. The maximum absolute atomic E-state index is 12.4. The van der Waals surface area contributed by atoms with Crippen LogP contribution in [-0.2, 0) is 6.54 Å². The number of amides is 1. The average Bonchev–Trinajstić information content (AvgIpc) is 2.77. The van der Waals surface area contributed by atoms with E-state index in [1.165, 1.54) is 0 Å². The summed E-state index contributed by atoms with van der Waals surface area (Å²) >= 11 is 3.39. The van der Waals surface area contributed by atoms with E-state index in [0.29, 0.717) is 12.1 Å². The van der Waals surface area contributed by atoms with Crippen LogP contribution in [0.3, 0.4) is 0 Å². The predicted octanol–water partition coefficient (Wildman–Crippen LogP) is 3.33. The van der Waals surface area contributed by atoms with E-state index in [4.69, 9.17) is 4.52 Å². The summed E-state index contributed by atoms with van der Waals surface area (Å²) in [5.74, 6) is 0.717. The number of aryl methyl sites for hydroxylation is 2. The van der Waals surface area contributed by atoms with E-state index in [2.05, 4.69) is 21.1 Å². The molecule has 4 nitrogen and oxygen atoms in total. The topological polar surface area (TPSA) is 46.3 Å². The third-order valence-electron chi connectivity index (χ3n) is 2.85. The summed E-state index contributed by atoms with van der Waals surface area (Å²) in [6.45, 7) is 4.19. The van der Waals surface area contributed by atoms with Gasteiger partial charge < -0.3 is 9.42 Å². The molecule has 1 aromatic carbocycles. The number of halogens is 1. The molecule has 0 atom stereocenters. The first-order chi connectivity index (χ1) is 8.97. The van der Waals surface area contributed by atoms with Gasteiger partial charge in [0.2, 0.25) is 0 Å². The monoisotopic (exact) mass is 322 g/mol. The molecule has 0 aliphatic carbocycles. The second-order valence-corrected chi connectivity index (χ2v) is 5.47. The standard InChI is InChI=1S/C14H15BrN2O2/c1-9-4-5-11(15)7-13(9)14(18)17(3)8-12-6-10(2)19-16-12/h4-7H,8H2,1-3H3. The molecule has 0 N–H and O–H groups in total. The molecule has 1 amide bonds. The number of carbonyl (C=O) groups excluding carboxylic acids is 1. The third-order valence-corrected chi connectivity index (χ3v) is 3.35. The first-order valence-corrected chi connectivity index (χ1v) is 6.70. The van der Waals surface area contributed by atoms with Crippen LogP contribution in [0.4, 0.5) is 0 Å². The Morgan fingerprint density at radius 3 is 2.74 bits per heavy atom. The normalized spacial score (nSPS) is 10.5. The second-order valence-electron chi connectivity index (χ2n) is 4.55. The lowest BCUT2D eigenvalue weighted by Gasteiger charge is -2.17. The quantitative estimate of drug-likeness (QED) is 0.870. The van der Waals surface area contributed by atoms with Gasteiger partial charge in [-0.3, -0.25) is 4.79 Å². The summed E-state index contributed by atoms with van der Waals surface area (Å²) in [6.07, 6.45) is 0. The van der Waals surface area contributed by atoms with E-state index >= 15 is 0 Å². The zero-order valence-corrected chi connectivity index (χ0v) is 12.7. The second kappa shape index (κ2) is 5.57. The fourth-order valence-electron chi connectivity index (χ4n) is 1.84. The molecule has 2 aromatic rings. The van der Waals surface area contributed by atoms with E-state index in [1.54, 1.807) is 11.9 Å². The molecule has 0 spiro atoms. The first kappa shape index (κ1) is 13.8. The highest BCUT2D eigenvalue weighted by Gasteiger charge is 2.16. The van der Waals surface area contributed by atoms with Crippen molar-refractivity contribution in [3.05, 3.63) is 51.3 Å². The molecule has 0 aliphatic rings. The Balaban J connectivity index is 2.16. The van der Waals surface area contributed by atoms with Crippen LogP contribution in [-0.4, -0.2) is 23.0 Å². The zero-order chi connectivity index (χ0) is 14.0. The Kier molecular flexibility index (Phi) is 4.04. The number of benzene rings is 1. The summed E-state index contributed by atoms with van der Waals surface area (Å²) in [5, 5.41) is 3.89. The van der Waals surface area contributed by atoms with Crippen LogP contribution in [0.15, 0.2) is 33.3 Å². The predicted molar refractivity (Wildman–Crippen MR) is 75.9 cm³/mol. The van der Waals surface area contributed by atoms with Crippen LogP contribution in [0.1, 0.15) is 27.4 Å². The molecule has 5 heteroatoms. The molecule has 1 heterocycles. The van der Waals surface area contributed by atoms with Crippen molar-refractivity contribution in [3.63, 3.8) is 0 Å². The molecular formula is C14H15BrN2O2. The number of rotatable bonds is 3. The lowest BCUT2D eigenvalue weighted by Crippen LogP contribution is -2.27. The van der Waals surface area contributed by atoms with Crippen molar-refractivity contribution in [2.75, 3.05) is 7.05 Å². The Hall–Kier alpha value is -1.62. The van der Waals surface area contributed by atoms with Gasteiger partial charge in [0.1, 0.15) is 11.5 Å². The van der Waals surface area contributed by atoms with Gasteiger partial charge in [-0.25, -0.2) is 0 Å². The zero-order valence-electron chi connectivity index (χ0n) is 11.1. The molecule has 0 bridgehead atoms. The first-order valence-electron chi connectivity index (χ1n) is 5.91. The molecule has 1 aromatic heterocycles. The number of hydrogen-bond donors (Lipinski definition) is 0. The van der Waals surface area contributed by atoms with Crippen LogP contribution in [0, 0.1) is 13.8 Å². The van der Waals surface area contributed by atoms with Crippen LogP contribution >= 0.6 is 15.9 Å². The number of nitrogens with zero attached hydrogens (tertiary/aromatic N) is 2. The van der Waals surface area contributed by atoms with Crippen LogP contribution in [0.2, 0.25) is 0 Å². The summed E-state index contributed by atoms with van der Waals surface area (Å²) in [6, 6.07) is 7.51. The molecule has 0 saturated carbocycles. The molecule has 19 heavy (non-hydrogen) atoms. The minimum atomic E-state index is -0.0283. The van der Waals surface area contributed by atoms with Crippen molar-refractivity contribution in [1.29, 1.82) is 0 Å². The van der Waals surface area contributed by atoms with Gasteiger partial charge in [-0.05, 0) is 31.5 Å². The lowest BCUT2D eigenvalue weighted by atomic mass is 10.1. The average molecular weight is 323 g/mol. The van der Waals surface area contributed by atoms with Gasteiger partial charge >= 0.3 is 0 Å². The van der Waals surface area contributed by atoms with Crippen molar-refractivity contribution < 1.29 is 9.32 Å². The largest absolute Gasteiger partial charge is 0.361 e. The number of aromatic nitrogens is 1. The highest BCUT2D eigenvalue weighted by molar-refractivity contribution is 9.10. The smallest absolute Gasteiger partial charge is 0.254 e. The van der Waals surface area contributed by atoms with Crippen molar-refractivity contribution >= 4 is 21.8 Å². The molecule has 0 radical (unpaired) electrons. The molecule has 2 rings (SSSR count). The Morgan fingerprint density at radius 2 is 2.11 bits per heavy atom. The van der Waals surface area contributed by atoms with Gasteiger partial charge in [0, 0.05) is 23.2 Å². The summed E-state index contributed by atoms with van der Waals surface area (Å²) in [7, 11) is 1.76. The van der Waals surface area contributed by atoms with Gasteiger partial charge in [0.15, 0.2) is 0 Å². The van der Waals surface area contributed by atoms with E-state index < -0.39 is 0 Å². The molecule has 0 fully saturated rings. The molecule has 0 unspecified atom stereocenters. The minimum absolute atomic E-state index is 0.0283. The number of carbonyl (C=O) groups is 1. The fourth-order valence-corrected chi connectivity index (χ4v) is 2.20. The van der Waals surface area contributed by atoms with E-state index in [1.807, 2.05) is 38.1 Å².